The van der Waals surface area contributed by atoms with Gasteiger partial charge >= 0.3 is 23.8 Å². The van der Waals surface area contributed by atoms with Gasteiger partial charge in [-0.25, -0.2) is 20.4 Å². The molecule has 190 valence electrons. The molecule has 14 nitrogen and oxygen atoms in total. The first-order valence-electron chi connectivity index (χ1n) is 9.95. The summed E-state index contributed by atoms with van der Waals surface area (Å²) in [7, 11) is 2.76. The highest BCUT2D eigenvalue weighted by atomic mass is 16.5. The highest BCUT2D eigenvalue weighted by Crippen LogP contribution is 2.28. The van der Waals surface area contributed by atoms with Crippen LogP contribution in [0, 0.1) is 0 Å². The SMILES string of the molecule is COc1cc(C=NNC(=O)C(=O)NN=Cc2ccc(OC)c(OCC(=O)O)c2)ccc1OCC(=O)O. The third-order valence-electron chi connectivity index (χ3n) is 4.04. The van der Waals surface area contributed by atoms with E-state index < -0.39 is 37.0 Å². The molecule has 4 N–H and O–H groups in total. The number of carbonyl (C=O) groups is 4. The zero-order valence-corrected chi connectivity index (χ0v) is 19.1. The number of carbonyl (C=O) groups excluding carboxylic acids is 2. The van der Waals surface area contributed by atoms with Crippen molar-refractivity contribution in [2.75, 3.05) is 27.4 Å². The van der Waals surface area contributed by atoms with Crippen LogP contribution >= 0.6 is 0 Å². The number of rotatable bonds is 12. The highest BCUT2D eigenvalue weighted by molar-refractivity contribution is 6.35. The zero-order valence-electron chi connectivity index (χ0n) is 19.1. The van der Waals surface area contributed by atoms with Crippen molar-refractivity contribution >= 4 is 36.2 Å². The summed E-state index contributed by atoms with van der Waals surface area (Å²) in [4.78, 5) is 45.1. The number of nitrogens with one attached hydrogen (secondary N) is 2. The molecule has 0 heterocycles. The number of amides is 2. The van der Waals surface area contributed by atoms with E-state index in [0.717, 1.165) is 0 Å². The Labute approximate surface area is 204 Å². The number of nitrogens with zero attached hydrogens (tertiary/aromatic N) is 2. The average Bonchev–Trinajstić information content (AvgIpc) is 2.86. The van der Waals surface area contributed by atoms with E-state index in [9.17, 15) is 19.2 Å². The van der Waals surface area contributed by atoms with Gasteiger partial charge in [0, 0.05) is 0 Å². The van der Waals surface area contributed by atoms with Crippen molar-refractivity contribution in [3.8, 4) is 23.0 Å². The van der Waals surface area contributed by atoms with Gasteiger partial charge < -0.3 is 29.2 Å². The van der Waals surface area contributed by atoms with Crippen LogP contribution in [-0.4, -0.2) is 73.8 Å². The number of ether oxygens (including phenoxy) is 4. The maximum absolute atomic E-state index is 11.9. The van der Waals surface area contributed by atoms with Gasteiger partial charge in [0.05, 0.1) is 26.6 Å². The Hall–Kier alpha value is -5.14. The van der Waals surface area contributed by atoms with Crippen LogP contribution in [0.25, 0.3) is 0 Å². The summed E-state index contributed by atoms with van der Waals surface area (Å²) in [5, 5.41) is 24.8. The van der Waals surface area contributed by atoms with Crippen molar-refractivity contribution in [3.63, 3.8) is 0 Å². The average molecular weight is 502 g/mol. The number of hydrogen-bond donors (Lipinski definition) is 4. The lowest BCUT2D eigenvalue weighted by Crippen LogP contribution is -2.35. The topological polar surface area (TPSA) is 194 Å². The van der Waals surface area contributed by atoms with E-state index >= 15 is 0 Å². The lowest BCUT2D eigenvalue weighted by molar-refractivity contribution is -0.140. The number of aliphatic carboxylic acids is 2. The number of hydrogen-bond acceptors (Lipinski definition) is 10. The molecular weight excluding hydrogens is 480 g/mol. The largest absolute Gasteiger partial charge is 0.493 e. The van der Waals surface area contributed by atoms with Crippen molar-refractivity contribution in [3.05, 3.63) is 47.5 Å². The van der Waals surface area contributed by atoms with Gasteiger partial charge in [0.2, 0.25) is 0 Å². The molecule has 0 aliphatic carbocycles. The Morgan fingerprint density at radius 1 is 0.722 bits per heavy atom. The van der Waals surface area contributed by atoms with E-state index in [0.29, 0.717) is 16.9 Å². The molecule has 2 rings (SSSR count). The fourth-order valence-electron chi connectivity index (χ4n) is 2.48. The lowest BCUT2D eigenvalue weighted by atomic mass is 10.2. The van der Waals surface area contributed by atoms with Gasteiger partial charge in [0.1, 0.15) is 0 Å². The van der Waals surface area contributed by atoms with Crippen LogP contribution in [0.1, 0.15) is 11.1 Å². The monoisotopic (exact) mass is 502 g/mol. The van der Waals surface area contributed by atoms with Gasteiger partial charge in [-0.3, -0.25) is 9.59 Å². The minimum absolute atomic E-state index is 0.153. The van der Waals surface area contributed by atoms with Crippen molar-refractivity contribution in [2.45, 2.75) is 0 Å². The third-order valence-corrected chi connectivity index (χ3v) is 4.04. The minimum atomic E-state index is -1.17. The van der Waals surface area contributed by atoms with Crippen molar-refractivity contribution in [2.24, 2.45) is 10.2 Å². The number of carboxylic acids is 2. The van der Waals surface area contributed by atoms with E-state index in [4.69, 9.17) is 29.2 Å². The maximum Gasteiger partial charge on any atom is 0.341 e. The van der Waals surface area contributed by atoms with E-state index in [2.05, 4.69) is 10.2 Å². The Bertz CT molecular complexity index is 1180. The number of benzene rings is 2. The first kappa shape index (κ1) is 27.1. The van der Waals surface area contributed by atoms with Gasteiger partial charge in [-0.05, 0) is 47.5 Å². The number of carboxylic acid groups (broad SMARTS) is 2. The standard InChI is InChI=1S/C22H22N4O10/c1-33-15-5-3-14(8-18(15)36-12-20(29)30)10-24-26-22(32)21(31)25-23-9-13-4-6-16(17(7-13)34-2)35-11-19(27)28/h3-10H,11-12H2,1-2H3,(H,25,31)(H,26,32)(H,27,28)(H,29,30). The van der Waals surface area contributed by atoms with Crippen LogP contribution in [0.3, 0.4) is 0 Å². The van der Waals surface area contributed by atoms with Crippen molar-refractivity contribution in [1.82, 2.24) is 10.9 Å². The summed E-state index contributed by atoms with van der Waals surface area (Å²) in [6, 6.07) is 9.00. The summed E-state index contributed by atoms with van der Waals surface area (Å²) in [5.41, 5.74) is 4.94. The zero-order chi connectivity index (χ0) is 26.5. The van der Waals surface area contributed by atoms with Crippen LogP contribution in [0.15, 0.2) is 46.6 Å². The second kappa shape index (κ2) is 13.5. The molecule has 2 amide bonds. The molecule has 0 bridgehead atoms. The maximum atomic E-state index is 11.9. The molecule has 0 aliphatic rings. The summed E-state index contributed by atoms with van der Waals surface area (Å²) < 4.78 is 20.4. The Kier molecular flexibility index (Phi) is 10.2. The summed E-state index contributed by atoms with van der Waals surface area (Å²) >= 11 is 0. The van der Waals surface area contributed by atoms with E-state index in [1.54, 1.807) is 6.07 Å². The molecule has 0 radical (unpaired) electrons. The lowest BCUT2D eigenvalue weighted by Gasteiger charge is -2.09. The van der Waals surface area contributed by atoms with Gasteiger partial charge in [-0.2, -0.15) is 10.2 Å². The second-order valence-corrected chi connectivity index (χ2v) is 6.58. The van der Waals surface area contributed by atoms with Crippen LogP contribution in [-0.2, 0) is 19.2 Å². The Morgan fingerprint density at radius 2 is 1.17 bits per heavy atom. The van der Waals surface area contributed by atoms with E-state index in [-0.39, 0.29) is 17.2 Å². The molecule has 0 unspecified atom stereocenters. The summed E-state index contributed by atoms with van der Waals surface area (Å²) in [6.45, 7) is -1.13. The summed E-state index contributed by atoms with van der Waals surface area (Å²) in [5.74, 6) is -3.62. The van der Waals surface area contributed by atoms with Gasteiger partial charge in [0.25, 0.3) is 0 Å². The molecule has 0 saturated carbocycles. The molecule has 2 aromatic carbocycles. The summed E-state index contributed by atoms with van der Waals surface area (Å²) in [6.07, 6.45) is 2.44. The van der Waals surface area contributed by atoms with Crippen LogP contribution in [0.2, 0.25) is 0 Å². The number of hydrazone groups is 2. The van der Waals surface area contributed by atoms with E-state index in [1.165, 1.54) is 57.0 Å². The normalized spacial score (nSPS) is 10.6. The molecule has 0 saturated heterocycles. The molecule has 36 heavy (non-hydrogen) atoms. The second-order valence-electron chi connectivity index (χ2n) is 6.58. The predicted octanol–water partition coefficient (Wildman–Crippen LogP) is 0.231. The van der Waals surface area contributed by atoms with Crippen LogP contribution in [0.5, 0.6) is 23.0 Å². The molecule has 0 fully saturated rings. The Balaban J connectivity index is 1.92. The van der Waals surface area contributed by atoms with E-state index in [1.807, 2.05) is 10.9 Å². The van der Waals surface area contributed by atoms with Crippen LogP contribution < -0.4 is 29.8 Å². The first-order valence-corrected chi connectivity index (χ1v) is 9.95. The predicted molar refractivity (Wildman–Crippen MR) is 124 cm³/mol. The molecular formula is C22H22N4O10. The molecule has 2 aromatic rings. The molecule has 0 spiro atoms. The minimum Gasteiger partial charge on any atom is -0.493 e. The van der Waals surface area contributed by atoms with Crippen molar-refractivity contribution in [1.29, 1.82) is 0 Å². The van der Waals surface area contributed by atoms with Crippen LogP contribution in [0.4, 0.5) is 0 Å². The van der Waals surface area contributed by atoms with Crippen molar-refractivity contribution < 1.29 is 48.3 Å². The quantitative estimate of drug-likeness (QED) is 0.177. The molecule has 14 heteroatoms. The molecule has 0 atom stereocenters. The highest BCUT2D eigenvalue weighted by Gasteiger charge is 2.12. The fourth-order valence-corrected chi connectivity index (χ4v) is 2.48. The smallest absolute Gasteiger partial charge is 0.341 e. The van der Waals surface area contributed by atoms with Gasteiger partial charge in [-0.1, -0.05) is 0 Å². The molecule has 0 aliphatic heterocycles. The fraction of sp³-hybridized carbons (Fsp3) is 0.182. The van der Waals surface area contributed by atoms with Gasteiger partial charge in [0.15, 0.2) is 36.2 Å². The Morgan fingerprint density at radius 3 is 1.64 bits per heavy atom. The van der Waals surface area contributed by atoms with Gasteiger partial charge in [-0.15, -0.1) is 0 Å². The molecule has 0 aromatic heterocycles. The number of methoxy groups -OCH3 is 2. The first-order chi connectivity index (χ1) is 17.2. The third kappa shape index (κ3) is 8.66.